The number of hydrogen-bond acceptors (Lipinski definition) is 2. The topological polar surface area (TPSA) is 49.4 Å². The van der Waals surface area contributed by atoms with E-state index in [0.717, 1.165) is 19.3 Å². The van der Waals surface area contributed by atoms with Gasteiger partial charge in [0.25, 0.3) is 5.91 Å². The normalized spacial score (nSPS) is 19.1. The number of benzene rings is 1. The molecule has 0 spiro atoms. The number of nitrogens with one attached hydrogen (secondary N) is 1. The minimum absolute atomic E-state index is 0.187. The van der Waals surface area contributed by atoms with Crippen LogP contribution < -0.4 is 5.32 Å². The Morgan fingerprint density at radius 2 is 1.95 bits per heavy atom. The summed E-state index contributed by atoms with van der Waals surface area (Å²) in [5.74, 6) is -0.389. The average molecular weight is 281 g/mol. The quantitative estimate of drug-likeness (QED) is 0.859. The molecule has 5 heteroatoms. The highest BCUT2D eigenvalue weighted by atomic mass is 35.5. The molecule has 3 amide bonds. The van der Waals surface area contributed by atoms with E-state index >= 15 is 0 Å². The molecule has 0 saturated carbocycles. The van der Waals surface area contributed by atoms with E-state index in [9.17, 15) is 9.59 Å². The first-order valence-electron chi connectivity index (χ1n) is 6.45. The van der Waals surface area contributed by atoms with Crippen molar-refractivity contribution in [2.45, 2.75) is 32.2 Å². The first-order valence-corrected chi connectivity index (χ1v) is 6.83. The molecule has 1 unspecified atom stereocenters. The third kappa shape index (κ3) is 3.47. The molecule has 1 saturated heterocycles. The van der Waals surface area contributed by atoms with Crippen molar-refractivity contribution in [3.05, 3.63) is 34.9 Å². The van der Waals surface area contributed by atoms with Crippen molar-refractivity contribution in [2.24, 2.45) is 0 Å². The maximum Gasteiger partial charge on any atom is 0.324 e. The third-order valence-corrected chi connectivity index (χ3v) is 3.64. The van der Waals surface area contributed by atoms with Gasteiger partial charge in [0.1, 0.15) is 0 Å². The molecule has 0 radical (unpaired) electrons. The van der Waals surface area contributed by atoms with E-state index in [-0.39, 0.29) is 18.0 Å². The molecular formula is C14H17ClN2O2. The largest absolute Gasteiger partial charge is 0.324 e. The van der Waals surface area contributed by atoms with Crippen LogP contribution in [-0.4, -0.2) is 29.4 Å². The van der Waals surface area contributed by atoms with Crippen LogP contribution in [0.2, 0.25) is 5.02 Å². The summed E-state index contributed by atoms with van der Waals surface area (Å²) in [4.78, 5) is 25.7. The fourth-order valence-corrected chi connectivity index (χ4v) is 2.37. The van der Waals surface area contributed by atoms with Crippen molar-refractivity contribution in [3.63, 3.8) is 0 Å². The molecule has 1 fully saturated rings. The van der Waals surface area contributed by atoms with Crippen LogP contribution in [0.25, 0.3) is 0 Å². The molecule has 1 heterocycles. The van der Waals surface area contributed by atoms with Gasteiger partial charge in [-0.25, -0.2) is 4.79 Å². The zero-order valence-corrected chi connectivity index (χ0v) is 11.6. The Morgan fingerprint density at radius 1 is 1.26 bits per heavy atom. The summed E-state index contributed by atoms with van der Waals surface area (Å²) in [6.07, 6.45) is 3.12. The highest BCUT2D eigenvalue weighted by Gasteiger charge is 2.24. The Bertz CT molecular complexity index is 473. The Balaban J connectivity index is 1.98. The molecule has 0 bridgehead atoms. The second kappa shape index (κ2) is 6.06. The van der Waals surface area contributed by atoms with E-state index in [1.54, 1.807) is 29.2 Å². The highest BCUT2D eigenvalue weighted by Crippen LogP contribution is 2.16. The number of halogens is 1. The molecule has 19 heavy (non-hydrogen) atoms. The molecular weight excluding hydrogens is 264 g/mol. The van der Waals surface area contributed by atoms with Crippen LogP contribution in [0, 0.1) is 0 Å². The van der Waals surface area contributed by atoms with Crippen molar-refractivity contribution in [3.8, 4) is 0 Å². The van der Waals surface area contributed by atoms with Crippen LogP contribution in [-0.2, 0) is 0 Å². The maximum atomic E-state index is 12.0. The minimum Gasteiger partial charge on any atom is -0.322 e. The van der Waals surface area contributed by atoms with E-state index in [0.29, 0.717) is 17.1 Å². The van der Waals surface area contributed by atoms with Crippen molar-refractivity contribution in [1.82, 2.24) is 10.2 Å². The molecule has 0 aliphatic carbocycles. The Hall–Kier alpha value is -1.55. The summed E-state index contributed by atoms with van der Waals surface area (Å²) >= 11 is 5.76. The number of piperidine rings is 1. The third-order valence-electron chi connectivity index (χ3n) is 3.39. The van der Waals surface area contributed by atoms with Gasteiger partial charge in [-0.15, -0.1) is 0 Å². The van der Waals surface area contributed by atoms with Gasteiger partial charge in [-0.1, -0.05) is 11.6 Å². The van der Waals surface area contributed by atoms with Crippen LogP contribution in [0.15, 0.2) is 24.3 Å². The van der Waals surface area contributed by atoms with Crippen LogP contribution >= 0.6 is 11.6 Å². The van der Waals surface area contributed by atoms with E-state index < -0.39 is 0 Å². The second-order valence-electron chi connectivity index (χ2n) is 4.80. The summed E-state index contributed by atoms with van der Waals surface area (Å²) in [6, 6.07) is 6.34. The predicted molar refractivity (Wildman–Crippen MR) is 74.3 cm³/mol. The lowest BCUT2D eigenvalue weighted by atomic mass is 10.0. The lowest BCUT2D eigenvalue weighted by Crippen LogP contribution is -2.49. The first-order chi connectivity index (χ1) is 9.08. The number of carbonyl (C=O) groups is 2. The number of hydrogen-bond donors (Lipinski definition) is 1. The minimum atomic E-state index is -0.389. The van der Waals surface area contributed by atoms with E-state index in [2.05, 4.69) is 5.32 Å². The summed E-state index contributed by atoms with van der Waals surface area (Å²) in [6.45, 7) is 2.71. The van der Waals surface area contributed by atoms with Gasteiger partial charge in [-0.05, 0) is 50.5 Å². The summed E-state index contributed by atoms with van der Waals surface area (Å²) in [5, 5.41) is 2.98. The molecule has 102 valence electrons. The number of rotatable bonds is 1. The maximum absolute atomic E-state index is 12.0. The predicted octanol–water partition coefficient (Wildman–Crippen LogP) is 3.06. The lowest BCUT2D eigenvalue weighted by Gasteiger charge is -2.33. The van der Waals surface area contributed by atoms with Gasteiger partial charge in [-0.3, -0.25) is 10.1 Å². The zero-order valence-electron chi connectivity index (χ0n) is 10.9. The number of urea groups is 1. The molecule has 0 aromatic heterocycles. The number of nitrogens with zero attached hydrogens (tertiary/aromatic N) is 1. The fourth-order valence-electron chi connectivity index (χ4n) is 2.24. The number of amides is 3. The van der Waals surface area contributed by atoms with E-state index in [1.807, 2.05) is 6.92 Å². The van der Waals surface area contributed by atoms with Crippen molar-refractivity contribution in [1.29, 1.82) is 0 Å². The SMILES string of the molecule is CC1CCCCN1C(=O)NC(=O)c1ccc(Cl)cc1. The van der Waals surface area contributed by atoms with E-state index in [1.165, 1.54) is 0 Å². The molecule has 2 rings (SSSR count). The van der Waals surface area contributed by atoms with Crippen LogP contribution in [0.1, 0.15) is 36.5 Å². The molecule has 1 atom stereocenters. The smallest absolute Gasteiger partial charge is 0.322 e. The molecule has 1 N–H and O–H groups in total. The van der Waals surface area contributed by atoms with Gasteiger partial charge in [0.2, 0.25) is 0 Å². The first kappa shape index (κ1) is 13.9. The van der Waals surface area contributed by atoms with Crippen molar-refractivity contribution < 1.29 is 9.59 Å². The van der Waals surface area contributed by atoms with Crippen molar-refractivity contribution >= 4 is 23.5 Å². The van der Waals surface area contributed by atoms with Gasteiger partial charge < -0.3 is 4.90 Å². The van der Waals surface area contributed by atoms with Gasteiger partial charge in [0, 0.05) is 23.2 Å². The molecule has 1 aromatic carbocycles. The highest BCUT2D eigenvalue weighted by molar-refractivity contribution is 6.30. The monoisotopic (exact) mass is 280 g/mol. The number of imide groups is 1. The summed E-state index contributed by atoms with van der Waals surface area (Å²) < 4.78 is 0. The van der Waals surface area contributed by atoms with Crippen LogP contribution in [0.4, 0.5) is 4.79 Å². The number of carbonyl (C=O) groups excluding carboxylic acids is 2. The molecule has 1 aromatic rings. The lowest BCUT2D eigenvalue weighted by molar-refractivity contribution is 0.0938. The van der Waals surface area contributed by atoms with Crippen molar-refractivity contribution in [2.75, 3.05) is 6.54 Å². The van der Waals surface area contributed by atoms with Gasteiger partial charge in [0.15, 0.2) is 0 Å². The molecule has 1 aliphatic rings. The second-order valence-corrected chi connectivity index (χ2v) is 5.24. The Morgan fingerprint density at radius 3 is 2.58 bits per heavy atom. The Kier molecular flexibility index (Phi) is 4.43. The van der Waals surface area contributed by atoms with Gasteiger partial charge >= 0.3 is 6.03 Å². The van der Waals surface area contributed by atoms with Gasteiger partial charge in [-0.2, -0.15) is 0 Å². The zero-order chi connectivity index (χ0) is 13.8. The average Bonchev–Trinajstić information content (AvgIpc) is 2.39. The fraction of sp³-hybridized carbons (Fsp3) is 0.429. The molecule has 1 aliphatic heterocycles. The summed E-state index contributed by atoms with van der Waals surface area (Å²) in [7, 11) is 0. The van der Waals surface area contributed by atoms with E-state index in [4.69, 9.17) is 11.6 Å². The van der Waals surface area contributed by atoms with Crippen LogP contribution in [0.5, 0.6) is 0 Å². The van der Waals surface area contributed by atoms with Crippen LogP contribution in [0.3, 0.4) is 0 Å². The Labute approximate surface area is 117 Å². The number of likely N-dealkylation sites (tertiary alicyclic amines) is 1. The summed E-state index contributed by atoms with van der Waals surface area (Å²) in [5.41, 5.74) is 0.433. The molecule has 4 nitrogen and oxygen atoms in total. The standard InChI is InChI=1S/C14H17ClN2O2/c1-10-4-2-3-9-17(10)14(19)16-13(18)11-5-7-12(15)8-6-11/h5-8,10H,2-4,9H2,1H3,(H,16,18,19). The van der Waals surface area contributed by atoms with Gasteiger partial charge in [0.05, 0.1) is 0 Å².